The van der Waals surface area contributed by atoms with Gasteiger partial charge >= 0.3 is 6.36 Å². The number of hydrogen-bond acceptors (Lipinski definition) is 2. The van der Waals surface area contributed by atoms with Crippen LogP contribution >= 0.6 is 0 Å². The number of para-hydroxylation sites is 1. The van der Waals surface area contributed by atoms with Gasteiger partial charge in [0, 0.05) is 0 Å². The average molecular weight is 286 g/mol. The minimum Gasteiger partial charge on any atom is -0.486 e. The first kappa shape index (κ1) is 14.2. The van der Waals surface area contributed by atoms with Crippen LogP contribution in [0.15, 0.2) is 48.5 Å². The average Bonchev–Trinajstić information content (AvgIpc) is 2.38. The quantitative estimate of drug-likeness (QED) is 0.780. The maximum absolute atomic E-state index is 13.3. The van der Waals surface area contributed by atoms with E-state index < -0.39 is 12.2 Å². The number of benzene rings is 2. The van der Waals surface area contributed by atoms with Gasteiger partial charge < -0.3 is 9.47 Å². The molecule has 0 fully saturated rings. The van der Waals surface area contributed by atoms with Gasteiger partial charge in [-0.1, -0.05) is 24.3 Å². The third-order valence-electron chi connectivity index (χ3n) is 2.39. The predicted molar refractivity (Wildman–Crippen MR) is 63.9 cm³/mol. The van der Waals surface area contributed by atoms with Crippen molar-refractivity contribution in [3.8, 4) is 11.5 Å². The zero-order chi connectivity index (χ0) is 14.6. The summed E-state index contributed by atoms with van der Waals surface area (Å²) in [7, 11) is 0. The second-order valence-corrected chi connectivity index (χ2v) is 3.91. The van der Waals surface area contributed by atoms with Crippen LogP contribution in [0.3, 0.4) is 0 Å². The maximum Gasteiger partial charge on any atom is 0.573 e. The summed E-state index contributed by atoms with van der Waals surface area (Å²) in [4.78, 5) is 0. The Hall–Kier alpha value is -2.24. The molecular formula is C14H10F4O2. The van der Waals surface area contributed by atoms with Crippen molar-refractivity contribution < 1.29 is 27.0 Å². The van der Waals surface area contributed by atoms with Crippen molar-refractivity contribution in [1.82, 2.24) is 0 Å². The molecule has 2 nitrogen and oxygen atoms in total. The molecule has 0 aliphatic rings. The lowest BCUT2D eigenvalue weighted by Crippen LogP contribution is -2.17. The molecule has 2 aromatic carbocycles. The van der Waals surface area contributed by atoms with Gasteiger partial charge in [0.2, 0.25) is 0 Å². The lowest BCUT2D eigenvalue weighted by molar-refractivity contribution is -0.274. The fraction of sp³-hybridized carbons (Fsp3) is 0.143. The Labute approximate surface area is 112 Å². The first-order valence-corrected chi connectivity index (χ1v) is 5.66. The number of ether oxygens (including phenoxy) is 2. The van der Waals surface area contributed by atoms with Crippen LogP contribution in [-0.4, -0.2) is 6.36 Å². The Morgan fingerprint density at radius 1 is 0.900 bits per heavy atom. The van der Waals surface area contributed by atoms with Crippen LogP contribution in [0.4, 0.5) is 17.6 Å². The molecule has 20 heavy (non-hydrogen) atoms. The van der Waals surface area contributed by atoms with E-state index in [0.29, 0.717) is 5.56 Å². The zero-order valence-corrected chi connectivity index (χ0v) is 10.2. The van der Waals surface area contributed by atoms with E-state index in [1.165, 1.54) is 42.5 Å². The molecule has 0 bridgehead atoms. The molecule has 0 saturated heterocycles. The van der Waals surface area contributed by atoms with E-state index in [1.54, 1.807) is 6.07 Å². The van der Waals surface area contributed by atoms with Gasteiger partial charge in [-0.15, -0.1) is 13.2 Å². The molecular weight excluding hydrogens is 276 g/mol. The zero-order valence-electron chi connectivity index (χ0n) is 10.2. The van der Waals surface area contributed by atoms with Crippen LogP contribution < -0.4 is 9.47 Å². The van der Waals surface area contributed by atoms with Crippen molar-refractivity contribution in [2.45, 2.75) is 13.0 Å². The van der Waals surface area contributed by atoms with Gasteiger partial charge in [0.25, 0.3) is 0 Å². The number of halogens is 4. The summed E-state index contributed by atoms with van der Waals surface area (Å²) in [5.74, 6) is -0.722. The molecule has 0 aliphatic carbocycles. The molecule has 0 heterocycles. The second-order valence-electron chi connectivity index (χ2n) is 3.91. The monoisotopic (exact) mass is 286 g/mol. The first-order valence-electron chi connectivity index (χ1n) is 5.66. The van der Waals surface area contributed by atoms with Crippen LogP contribution in [0.1, 0.15) is 5.56 Å². The number of rotatable bonds is 4. The molecule has 0 unspecified atom stereocenters. The van der Waals surface area contributed by atoms with Gasteiger partial charge in [-0.2, -0.15) is 0 Å². The molecule has 0 aromatic heterocycles. The van der Waals surface area contributed by atoms with E-state index in [1.807, 2.05) is 0 Å². The van der Waals surface area contributed by atoms with Crippen LogP contribution in [0.2, 0.25) is 0 Å². The Balaban J connectivity index is 1.96. The van der Waals surface area contributed by atoms with Crippen molar-refractivity contribution in [2.24, 2.45) is 0 Å². The summed E-state index contributed by atoms with van der Waals surface area (Å²) in [5.41, 5.74) is 0.600. The fourth-order valence-corrected chi connectivity index (χ4v) is 1.51. The molecule has 106 valence electrons. The van der Waals surface area contributed by atoms with Crippen LogP contribution in [0, 0.1) is 5.82 Å². The number of hydrogen-bond donors (Lipinski definition) is 0. The minimum atomic E-state index is -4.72. The molecule has 0 atom stereocenters. The summed E-state index contributed by atoms with van der Waals surface area (Å²) < 4.78 is 58.1. The van der Waals surface area contributed by atoms with Crippen LogP contribution in [0.5, 0.6) is 11.5 Å². The third-order valence-corrected chi connectivity index (χ3v) is 2.39. The summed E-state index contributed by atoms with van der Waals surface area (Å²) in [6, 6.07) is 11.1. The Morgan fingerprint density at radius 2 is 1.55 bits per heavy atom. The molecule has 2 rings (SSSR count). The normalized spacial score (nSPS) is 11.2. The highest BCUT2D eigenvalue weighted by atomic mass is 19.4. The second kappa shape index (κ2) is 5.81. The summed E-state index contributed by atoms with van der Waals surface area (Å²) in [6.45, 7) is 0.0488. The van der Waals surface area contributed by atoms with Gasteiger partial charge in [-0.05, 0) is 29.8 Å². The van der Waals surface area contributed by atoms with Gasteiger partial charge in [-0.25, -0.2) is 4.39 Å². The molecule has 0 radical (unpaired) electrons. The predicted octanol–water partition coefficient (Wildman–Crippen LogP) is 4.30. The largest absolute Gasteiger partial charge is 0.573 e. The van der Waals surface area contributed by atoms with Crippen LogP contribution in [-0.2, 0) is 6.61 Å². The summed E-state index contributed by atoms with van der Waals surface area (Å²) in [5, 5.41) is 0. The third kappa shape index (κ3) is 4.15. The van der Waals surface area contributed by atoms with E-state index in [4.69, 9.17) is 4.74 Å². The number of alkyl halides is 3. The standard InChI is InChI=1S/C14H10F4O2/c15-12-3-1-2-4-13(12)19-9-10-5-7-11(8-6-10)20-14(16,17)18/h1-8H,9H2. The molecule has 0 aliphatic heterocycles. The Morgan fingerprint density at radius 3 is 2.15 bits per heavy atom. The Kier molecular flexibility index (Phi) is 4.12. The van der Waals surface area contributed by atoms with Crippen molar-refractivity contribution in [1.29, 1.82) is 0 Å². The van der Waals surface area contributed by atoms with E-state index in [2.05, 4.69) is 4.74 Å². The minimum absolute atomic E-state index is 0.0488. The van der Waals surface area contributed by atoms with Gasteiger partial charge in [0.1, 0.15) is 12.4 Å². The van der Waals surface area contributed by atoms with Gasteiger partial charge in [0.05, 0.1) is 0 Å². The molecule has 6 heteroatoms. The van der Waals surface area contributed by atoms with E-state index in [9.17, 15) is 17.6 Å². The van der Waals surface area contributed by atoms with E-state index in [-0.39, 0.29) is 18.1 Å². The van der Waals surface area contributed by atoms with Gasteiger partial charge in [-0.3, -0.25) is 0 Å². The smallest absolute Gasteiger partial charge is 0.486 e. The Bertz CT molecular complexity index is 564. The highest BCUT2D eigenvalue weighted by Gasteiger charge is 2.30. The highest BCUT2D eigenvalue weighted by Crippen LogP contribution is 2.23. The summed E-state index contributed by atoms with van der Waals surface area (Å²) in [6.07, 6.45) is -4.72. The molecule has 0 saturated carbocycles. The van der Waals surface area contributed by atoms with E-state index >= 15 is 0 Å². The molecule has 0 amide bonds. The highest BCUT2D eigenvalue weighted by molar-refractivity contribution is 5.28. The first-order chi connectivity index (χ1) is 9.44. The topological polar surface area (TPSA) is 18.5 Å². The summed E-state index contributed by atoms with van der Waals surface area (Å²) >= 11 is 0. The lowest BCUT2D eigenvalue weighted by atomic mass is 10.2. The van der Waals surface area contributed by atoms with Crippen LogP contribution in [0.25, 0.3) is 0 Å². The molecule has 0 N–H and O–H groups in total. The molecule has 0 spiro atoms. The van der Waals surface area contributed by atoms with Crippen molar-refractivity contribution in [3.05, 3.63) is 59.9 Å². The van der Waals surface area contributed by atoms with Crippen molar-refractivity contribution in [3.63, 3.8) is 0 Å². The lowest BCUT2D eigenvalue weighted by Gasteiger charge is -2.10. The van der Waals surface area contributed by atoms with Gasteiger partial charge in [0.15, 0.2) is 11.6 Å². The SMILES string of the molecule is Fc1ccccc1OCc1ccc(OC(F)(F)F)cc1. The van der Waals surface area contributed by atoms with E-state index in [0.717, 1.165) is 0 Å². The fourth-order valence-electron chi connectivity index (χ4n) is 1.51. The maximum atomic E-state index is 13.3. The molecule has 2 aromatic rings. The van der Waals surface area contributed by atoms with Crippen molar-refractivity contribution >= 4 is 0 Å². The van der Waals surface area contributed by atoms with Crippen molar-refractivity contribution in [2.75, 3.05) is 0 Å².